The first-order valence-electron chi connectivity index (χ1n) is 19.0. The molecule has 0 aliphatic carbocycles. The first-order valence-corrected chi connectivity index (χ1v) is 21.6. The van der Waals surface area contributed by atoms with E-state index < -0.39 is 15.8 Å². The first-order chi connectivity index (χ1) is 24.9. The molecule has 268 valence electrons. The summed E-state index contributed by atoms with van der Waals surface area (Å²) in [5.41, 5.74) is 15.0. The molecule has 0 spiro atoms. The van der Waals surface area contributed by atoms with E-state index in [1.54, 1.807) is 5.31 Å². The maximum absolute atomic E-state index is 4.10. The minimum absolute atomic E-state index is 0.820. The third-order valence-corrected chi connectivity index (χ3v) is 14.7. The SMILES string of the molecule is C=C/C=C\C(CCC)=C(\Cc1c(CC)cccc1P(c1cc(C)cc(C)c1)c1cc(C)cc(C)c1)P(c1cc(C)cc(C)c1)c1cc(C)cc(C)c1. The Morgan fingerprint density at radius 1 is 0.577 bits per heavy atom. The zero-order valence-electron chi connectivity index (χ0n) is 33.3. The van der Waals surface area contributed by atoms with Gasteiger partial charge in [0.05, 0.1) is 0 Å². The number of hydrogen-bond acceptors (Lipinski definition) is 0. The molecule has 0 aromatic heterocycles. The van der Waals surface area contributed by atoms with Gasteiger partial charge >= 0.3 is 0 Å². The van der Waals surface area contributed by atoms with Crippen LogP contribution in [0.5, 0.6) is 0 Å². The van der Waals surface area contributed by atoms with Gasteiger partial charge < -0.3 is 0 Å². The predicted octanol–water partition coefficient (Wildman–Crippen LogP) is 11.9. The van der Waals surface area contributed by atoms with Crippen molar-refractivity contribution in [1.82, 2.24) is 0 Å². The summed E-state index contributed by atoms with van der Waals surface area (Å²) >= 11 is 0. The molecule has 0 heterocycles. The van der Waals surface area contributed by atoms with Gasteiger partial charge in [-0.3, -0.25) is 0 Å². The molecule has 52 heavy (non-hydrogen) atoms. The van der Waals surface area contributed by atoms with Crippen molar-refractivity contribution in [1.29, 1.82) is 0 Å². The second kappa shape index (κ2) is 17.8. The van der Waals surface area contributed by atoms with Gasteiger partial charge in [-0.15, -0.1) is 0 Å². The lowest BCUT2D eigenvalue weighted by molar-refractivity contribution is 0.914. The van der Waals surface area contributed by atoms with Crippen molar-refractivity contribution < 1.29 is 0 Å². The molecular formula is C50H58P2. The minimum atomic E-state index is -0.847. The van der Waals surface area contributed by atoms with Crippen molar-refractivity contribution in [2.45, 2.75) is 94.9 Å². The molecule has 0 saturated heterocycles. The second-order valence-electron chi connectivity index (χ2n) is 14.8. The Morgan fingerprint density at radius 3 is 1.38 bits per heavy atom. The van der Waals surface area contributed by atoms with Crippen LogP contribution in [0.3, 0.4) is 0 Å². The van der Waals surface area contributed by atoms with E-state index in [1.807, 2.05) is 6.08 Å². The highest BCUT2D eigenvalue weighted by atomic mass is 31.1. The molecule has 0 nitrogen and oxygen atoms in total. The van der Waals surface area contributed by atoms with Crippen LogP contribution in [-0.4, -0.2) is 0 Å². The highest BCUT2D eigenvalue weighted by Crippen LogP contribution is 2.49. The fourth-order valence-electron chi connectivity index (χ4n) is 7.85. The fourth-order valence-corrected chi connectivity index (χ4v) is 13.8. The maximum atomic E-state index is 4.10. The Bertz CT molecular complexity index is 1940. The van der Waals surface area contributed by atoms with E-state index in [1.165, 1.54) is 87.7 Å². The summed E-state index contributed by atoms with van der Waals surface area (Å²) in [6, 6.07) is 36.1. The average Bonchev–Trinajstić information content (AvgIpc) is 3.05. The van der Waals surface area contributed by atoms with Crippen LogP contribution in [-0.2, 0) is 12.8 Å². The standard InChI is InChI=1S/C50H58P2/c1-12-15-18-43(17-13-2)50(52(46-29-38(8)23-39(9)30-46)47-31-40(10)24-41(11)32-47)33-48-42(14-3)19-16-20-49(48)51(44-25-34(4)21-35(5)26-44)45-27-36(6)22-37(7)28-45/h12,15-16,18-32H,1,13-14,17,33H2,2-11H3/b18-15-,50-43-. The normalized spacial score (nSPS) is 12.2. The van der Waals surface area contributed by atoms with Gasteiger partial charge in [-0.05, 0) is 139 Å². The monoisotopic (exact) mass is 720 g/mol. The van der Waals surface area contributed by atoms with E-state index in [0.29, 0.717) is 0 Å². The molecule has 0 N–H and O–H groups in total. The van der Waals surface area contributed by atoms with Crippen LogP contribution in [0.25, 0.3) is 0 Å². The van der Waals surface area contributed by atoms with Crippen LogP contribution in [0.2, 0.25) is 0 Å². The molecule has 0 radical (unpaired) electrons. The van der Waals surface area contributed by atoms with Crippen LogP contribution in [0.15, 0.2) is 127 Å². The van der Waals surface area contributed by atoms with Crippen LogP contribution in [0.4, 0.5) is 0 Å². The summed E-state index contributed by atoms with van der Waals surface area (Å²) in [7, 11) is -1.67. The average molecular weight is 721 g/mol. The molecule has 0 amide bonds. The zero-order chi connectivity index (χ0) is 37.5. The second-order valence-corrected chi connectivity index (χ2v) is 19.2. The highest BCUT2D eigenvalue weighted by Gasteiger charge is 2.28. The molecule has 0 saturated carbocycles. The van der Waals surface area contributed by atoms with Crippen LogP contribution < -0.4 is 26.5 Å². The van der Waals surface area contributed by atoms with Crippen molar-refractivity contribution in [2.75, 3.05) is 0 Å². The van der Waals surface area contributed by atoms with E-state index >= 15 is 0 Å². The van der Waals surface area contributed by atoms with Gasteiger partial charge in [-0.25, -0.2) is 0 Å². The molecule has 0 aliphatic heterocycles. The van der Waals surface area contributed by atoms with Crippen molar-refractivity contribution in [3.63, 3.8) is 0 Å². The van der Waals surface area contributed by atoms with Crippen LogP contribution in [0.1, 0.15) is 82.3 Å². The molecule has 2 heteroatoms. The summed E-state index contributed by atoms with van der Waals surface area (Å²) in [6.45, 7) is 26.8. The Labute approximate surface area is 318 Å². The highest BCUT2D eigenvalue weighted by molar-refractivity contribution is 7.80. The summed E-state index contributed by atoms with van der Waals surface area (Å²) in [5, 5.41) is 8.79. The van der Waals surface area contributed by atoms with Crippen LogP contribution in [0, 0.1) is 55.4 Å². The Morgan fingerprint density at radius 2 is 1.00 bits per heavy atom. The Hall–Kier alpha value is -3.82. The van der Waals surface area contributed by atoms with Gasteiger partial charge in [0.15, 0.2) is 0 Å². The van der Waals surface area contributed by atoms with E-state index in [9.17, 15) is 0 Å². The molecule has 0 bridgehead atoms. The summed E-state index contributed by atoms with van der Waals surface area (Å²) in [4.78, 5) is 0. The summed E-state index contributed by atoms with van der Waals surface area (Å²) in [6.07, 6.45) is 10.5. The van der Waals surface area contributed by atoms with Crippen molar-refractivity contribution in [3.05, 3.63) is 182 Å². The quantitative estimate of drug-likeness (QED) is 0.0839. The summed E-state index contributed by atoms with van der Waals surface area (Å²) < 4.78 is 0. The predicted molar refractivity (Wildman–Crippen MR) is 236 cm³/mol. The number of benzene rings is 5. The number of allylic oxidation sites excluding steroid dienone is 5. The fraction of sp³-hybridized carbons (Fsp3) is 0.280. The molecule has 5 aromatic rings. The van der Waals surface area contributed by atoms with E-state index in [-0.39, 0.29) is 0 Å². The van der Waals surface area contributed by atoms with Crippen molar-refractivity contribution >= 4 is 42.4 Å². The van der Waals surface area contributed by atoms with Gasteiger partial charge in [-0.2, -0.15) is 0 Å². The summed E-state index contributed by atoms with van der Waals surface area (Å²) in [5.74, 6) is 0. The number of aryl methyl sites for hydroxylation is 9. The smallest absolute Gasteiger partial charge is 0.000297 e. The van der Waals surface area contributed by atoms with Gasteiger partial charge in [0.1, 0.15) is 0 Å². The Balaban J connectivity index is 1.89. The van der Waals surface area contributed by atoms with Crippen molar-refractivity contribution in [2.24, 2.45) is 0 Å². The van der Waals surface area contributed by atoms with Gasteiger partial charge in [0, 0.05) is 0 Å². The van der Waals surface area contributed by atoms with Gasteiger partial charge in [-0.1, -0.05) is 181 Å². The zero-order valence-corrected chi connectivity index (χ0v) is 35.1. The van der Waals surface area contributed by atoms with E-state index in [0.717, 1.165) is 25.7 Å². The third kappa shape index (κ3) is 9.58. The molecule has 0 aliphatic rings. The van der Waals surface area contributed by atoms with Crippen LogP contribution >= 0.6 is 15.8 Å². The molecule has 5 aromatic carbocycles. The lowest BCUT2D eigenvalue weighted by Crippen LogP contribution is -2.26. The molecule has 0 atom stereocenters. The lowest BCUT2D eigenvalue weighted by atomic mass is 9.99. The largest absolute Gasteiger partial charge is 0.0991 e. The van der Waals surface area contributed by atoms with Gasteiger partial charge in [0.25, 0.3) is 0 Å². The first kappa shape index (κ1) is 39.4. The van der Waals surface area contributed by atoms with Gasteiger partial charge in [0.2, 0.25) is 0 Å². The Kier molecular flexibility index (Phi) is 13.5. The lowest BCUT2D eigenvalue weighted by Gasteiger charge is -2.30. The molecule has 0 unspecified atom stereocenters. The maximum Gasteiger partial charge on any atom is -0.000297 e. The molecule has 0 fully saturated rings. The number of hydrogen-bond donors (Lipinski definition) is 0. The topological polar surface area (TPSA) is 0 Å². The number of rotatable bonds is 13. The molecular weight excluding hydrogens is 662 g/mol. The molecule has 5 rings (SSSR count). The third-order valence-electron chi connectivity index (χ3n) is 9.67. The van der Waals surface area contributed by atoms with E-state index in [4.69, 9.17) is 0 Å². The minimum Gasteiger partial charge on any atom is -0.0991 e. The van der Waals surface area contributed by atoms with Crippen molar-refractivity contribution in [3.8, 4) is 0 Å². The van der Waals surface area contributed by atoms with E-state index in [2.05, 4.69) is 179 Å².